The van der Waals surface area contributed by atoms with Crippen LogP contribution in [0.1, 0.15) is 17.9 Å². The third-order valence-corrected chi connectivity index (χ3v) is 8.25. The first-order valence-electron chi connectivity index (χ1n) is 9.73. The maximum Gasteiger partial charge on any atom is 0.328 e. The van der Waals surface area contributed by atoms with E-state index in [1.54, 1.807) is 18.2 Å². The monoisotopic (exact) mass is 533 g/mol. The van der Waals surface area contributed by atoms with E-state index in [1.807, 2.05) is 0 Å². The summed E-state index contributed by atoms with van der Waals surface area (Å²) in [7, 11) is 0. The number of aliphatic hydroxyl groups is 2. The first-order chi connectivity index (χ1) is 15.8. The van der Waals surface area contributed by atoms with Crippen LogP contribution >= 0.6 is 29.9 Å². The molecule has 0 saturated carbocycles. The molecule has 11 nitrogen and oxygen atoms in total. The fraction of sp³-hybridized carbons (Fsp3) is 0.389. The second-order valence-electron chi connectivity index (χ2n) is 7.43. The van der Waals surface area contributed by atoms with Crippen molar-refractivity contribution in [3.05, 3.63) is 46.5 Å². The van der Waals surface area contributed by atoms with Gasteiger partial charge < -0.3 is 29.7 Å². The number of nitrogens with two attached hydrogens (primary N) is 1. The molecule has 0 aliphatic carbocycles. The number of anilines is 1. The van der Waals surface area contributed by atoms with Crippen LogP contribution in [0.15, 0.2) is 30.9 Å². The van der Waals surface area contributed by atoms with Crippen molar-refractivity contribution < 1.29 is 28.5 Å². The Labute approximate surface area is 202 Å². The average Bonchev–Trinajstić information content (AvgIpc) is 3.47. The van der Waals surface area contributed by atoms with Crippen molar-refractivity contribution >= 4 is 58.7 Å². The number of hydrogen-bond donors (Lipinski definition) is 3. The predicted molar refractivity (Wildman–Crippen MR) is 122 cm³/mol. The zero-order chi connectivity index (χ0) is 23.3. The topological polar surface area (TPSA) is 147 Å². The van der Waals surface area contributed by atoms with Crippen LogP contribution in [-0.2, 0) is 30.1 Å². The molecule has 0 radical (unpaired) electrons. The van der Waals surface area contributed by atoms with Crippen LogP contribution < -0.4 is 5.73 Å². The molecule has 2 aromatic heterocycles. The summed E-state index contributed by atoms with van der Waals surface area (Å²) < 4.78 is 24.5. The molecule has 6 atom stereocenters. The summed E-state index contributed by atoms with van der Waals surface area (Å²) in [5, 5.41) is 22.1. The summed E-state index contributed by atoms with van der Waals surface area (Å²) in [6.07, 6.45) is -2.31. The number of nitrogen functional groups attached to an aromatic ring is 1. The molecule has 2 fully saturated rings. The van der Waals surface area contributed by atoms with Crippen LogP contribution in [0.25, 0.3) is 11.2 Å². The summed E-state index contributed by atoms with van der Waals surface area (Å²) in [6.45, 7) is -3.19. The molecule has 176 valence electrons. The normalized spacial score (nSPS) is 32.1. The van der Waals surface area contributed by atoms with Gasteiger partial charge in [0.1, 0.15) is 36.3 Å². The molecule has 5 rings (SSSR count). The standard InChI is InChI=1S/C18H18Cl2N5O6PS/c19-8-1-2-10(20)9(3-8)11-4-28-32(33,31-11)29-5-12-14(26)15(27)18(30-12)25-7-24-13-16(21)22-6-23-17(13)25/h1-3,6-7,11-12,14-15,18,26-27H,4-5H2,(H2,21,22,23)/t11?,12-,14-,15-,18-,32?/m1/s1. The lowest BCUT2D eigenvalue weighted by molar-refractivity contribution is -0.0488. The van der Waals surface area contributed by atoms with Crippen LogP contribution in [-0.4, -0.2) is 61.3 Å². The first-order valence-corrected chi connectivity index (χ1v) is 13.0. The fourth-order valence-corrected chi connectivity index (χ4v) is 6.10. The van der Waals surface area contributed by atoms with Crippen molar-refractivity contribution in [2.24, 2.45) is 0 Å². The summed E-state index contributed by atoms with van der Waals surface area (Å²) in [5.41, 5.74) is 7.16. The Morgan fingerprint density at radius 3 is 2.88 bits per heavy atom. The maximum absolute atomic E-state index is 10.6. The van der Waals surface area contributed by atoms with Gasteiger partial charge in [-0.2, -0.15) is 0 Å². The number of aliphatic hydroxyl groups excluding tert-OH is 2. The van der Waals surface area contributed by atoms with Gasteiger partial charge >= 0.3 is 6.72 Å². The number of imidazole rings is 1. The summed E-state index contributed by atoms with van der Waals surface area (Å²) >= 11 is 17.7. The van der Waals surface area contributed by atoms with Crippen molar-refractivity contribution in [1.82, 2.24) is 19.5 Å². The van der Waals surface area contributed by atoms with Crippen molar-refractivity contribution in [2.75, 3.05) is 18.9 Å². The molecule has 2 saturated heterocycles. The number of rotatable bonds is 5. The van der Waals surface area contributed by atoms with E-state index in [2.05, 4.69) is 15.0 Å². The zero-order valence-corrected chi connectivity index (χ0v) is 19.9. The minimum Gasteiger partial charge on any atom is -0.387 e. The Kier molecular flexibility index (Phi) is 6.34. The van der Waals surface area contributed by atoms with Gasteiger partial charge in [0.25, 0.3) is 0 Å². The van der Waals surface area contributed by atoms with E-state index in [1.165, 1.54) is 17.2 Å². The molecule has 15 heteroatoms. The molecule has 4 heterocycles. The first kappa shape index (κ1) is 23.3. The molecule has 33 heavy (non-hydrogen) atoms. The number of nitrogens with zero attached hydrogens (tertiary/aromatic N) is 4. The molecule has 3 aromatic rings. The van der Waals surface area contributed by atoms with Crippen LogP contribution in [0.5, 0.6) is 0 Å². The Balaban J connectivity index is 1.27. The largest absolute Gasteiger partial charge is 0.387 e. The highest BCUT2D eigenvalue weighted by Crippen LogP contribution is 2.60. The van der Waals surface area contributed by atoms with E-state index in [0.29, 0.717) is 26.8 Å². The van der Waals surface area contributed by atoms with Crippen molar-refractivity contribution in [3.8, 4) is 0 Å². The van der Waals surface area contributed by atoms with Gasteiger partial charge in [0, 0.05) is 15.6 Å². The molecule has 4 N–H and O–H groups in total. The number of benzene rings is 1. The van der Waals surface area contributed by atoms with Crippen LogP contribution in [0, 0.1) is 0 Å². The van der Waals surface area contributed by atoms with E-state index in [4.69, 9.17) is 59.1 Å². The maximum atomic E-state index is 10.6. The molecule has 1 aromatic carbocycles. The van der Waals surface area contributed by atoms with Crippen molar-refractivity contribution in [2.45, 2.75) is 30.6 Å². The van der Waals surface area contributed by atoms with Gasteiger partial charge in [0.15, 0.2) is 17.7 Å². The lowest BCUT2D eigenvalue weighted by atomic mass is 10.1. The summed E-state index contributed by atoms with van der Waals surface area (Å²) in [6, 6.07) is 5.01. The number of fused-ring (bicyclic) bond motifs is 1. The summed E-state index contributed by atoms with van der Waals surface area (Å²) in [5.74, 6) is 0.189. The Morgan fingerprint density at radius 1 is 1.24 bits per heavy atom. The van der Waals surface area contributed by atoms with E-state index in [9.17, 15) is 10.2 Å². The zero-order valence-electron chi connectivity index (χ0n) is 16.7. The molecule has 0 spiro atoms. The minimum absolute atomic E-state index is 0.138. The number of halogens is 2. The van der Waals surface area contributed by atoms with E-state index in [0.717, 1.165) is 0 Å². The van der Waals surface area contributed by atoms with Gasteiger partial charge in [0.2, 0.25) is 0 Å². The van der Waals surface area contributed by atoms with E-state index < -0.39 is 37.4 Å². The third kappa shape index (κ3) is 4.37. The third-order valence-electron chi connectivity index (χ3n) is 5.34. The Morgan fingerprint density at radius 2 is 2.06 bits per heavy atom. The second-order valence-corrected chi connectivity index (χ2v) is 11.2. The lowest BCUT2D eigenvalue weighted by Gasteiger charge is -2.20. The second kappa shape index (κ2) is 8.97. The fourth-order valence-electron chi connectivity index (χ4n) is 3.67. The molecular formula is C18H18Cl2N5O6PS. The number of hydrogen-bond acceptors (Lipinski definition) is 11. The van der Waals surface area contributed by atoms with E-state index >= 15 is 0 Å². The van der Waals surface area contributed by atoms with Crippen LogP contribution in [0.3, 0.4) is 0 Å². The van der Waals surface area contributed by atoms with Crippen LogP contribution in [0.2, 0.25) is 10.0 Å². The minimum atomic E-state index is -3.15. The Bertz CT molecular complexity index is 1250. The van der Waals surface area contributed by atoms with Gasteiger partial charge in [-0.05, 0) is 30.0 Å². The van der Waals surface area contributed by atoms with E-state index in [-0.39, 0.29) is 19.0 Å². The van der Waals surface area contributed by atoms with Crippen molar-refractivity contribution in [1.29, 1.82) is 0 Å². The molecule has 0 bridgehead atoms. The van der Waals surface area contributed by atoms with Gasteiger partial charge in [-0.3, -0.25) is 9.09 Å². The van der Waals surface area contributed by atoms with Gasteiger partial charge in [-0.15, -0.1) is 0 Å². The SMILES string of the molecule is Nc1ncnc2c1ncn2[C@@H]1O[C@H](COP2(=S)OCC(c3cc(Cl)ccc3Cl)O2)[C@@H](O)[C@H]1O. The molecule has 2 aliphatic rings. The molecular weight excluding hydrogens is 516 g/mol. The Hall–Kier alpha value is -1.44. The number of aromatic nitrogens is 4. The van der Waals surface area contributed by atoms with Gasteiger partial charge in [-0.25, -0.2) is 15.0 Å². The molecule has 2 aliphatic heterocycles. The molecule has 2 unspecified atom stereocenters. The smallest absolute Gasteiger partial charge is 0.328 e. The average molecular weight is 534 g/mol. The van der Waals surface area contributed by atoms with Crippen molar-refractivity contribution in [3.63, 3.8) is 0 Å². The molecule has 0 amide bonds. The quantitative estimate of drug-likeness (QED) is 0.415. The van der Waals surface area contributed by atoms with Crippen LogP contribution in [0.4, 0.5) is 5.82 Å². The number of ether oxygens (including phenoxy) is 1. The summed E-state index contributed by atoms with van der Waals surface area (Å²) in [4.78, 5) is 12.2. The predicted octanol–water partition coefficient (Wildman–Crippen LogP) is 2.36. The van der Waals surface area contributed by atoms with Gasteiger partial charge in [0.05, 0.1) is 19.5 Å². The lowest BCUT2D eigenvalue weighted by Crippen LogP contribution is -2.33. The highest BCUT2D eigenvalue weighted by Gasteiger charge is 2.46. The van der Waals surface area contributed by atoms with Gasteiger partial charge in [-0.1, -0.05) is 23.2 Å². The highest BCUT2D eigenvalue weighted by atomic mass is 35.5. The highest BCUT2D eigenvalue weighted by molar-refractivity contribution is 8.07.